The Balaban J connectivity index is 2.11. The highest BCUT2D eigenvalue weighted by molar-refractivity contribution is 6.34. The summed E-state index contributed by atoms with van der Waals surface area (Å²) < 4.78 is 11.3. The van der Waals surface area contributed by atoms with Crippen molar-refractivity contribution in [3.63, 3.8) is 0 Å². The predicted octanol–water partition coefficient (Wildman–Crippen LogP) is 5.29. The number of ether oxygens (including phenoxy) is 2. The van der Waals surface area contributed by atoms with Crippen LogP contribution in [0.5, 0.6) is 11.5 Å². The lowest BCUT2D eigenvalue weighted by Crippen LogP contribution is -2.27. The van der Waals surface area contributed by atoms with E-state index in [0.717, 1.165) is 11.3 Å². The van der Waals surface area contributed by atoms with Gasteiger partial charge in [0.2, 0.25) is 0 Å². The van der Waals surface area contributed by atoms with Gasteiger partial charge >= 0.3 is 5.97 Å². The van der Waals surface area contributed by atoms with Crippen LogP contribution in [0.1, 0.15) is 34.5 Å². The Labute approximate surface area is 215 Å². The predicted molar refractivity (Wildman–Crippen MR) is 141 cm³/mol. The van der Waals surface area contributed by atoms with Gasteiger partial charge in [0, 0.05) is 61.4 Å². The fourth-order valence-electron chi connectivity index (χ4n) is 3.70. The van der Waals surface area contributed by atoms with Crippen LogP contribution >= 0.6 is 11.6 Å². The molecule has 1 amide bonds. The third-order valence-electron chi connectivity index (χ3n) is 5.47. The van der Waals surface area contributed by atoms with Crippen molar-refractivity contribution in [3.8, 4) is 22.6 Å². The first-order valence-corrected chi connectivity index (χ1v) is 11.6. The number of para-hydroxylation sites is 2. The van der Waals surface area contributed by atoms with Gasteiger partial charge in [0.15, 0.2) is 0 Å². The molecule has 1 heterocycles. The summed E-state index contributed by atoms with van der Waals surface area (Å²) in [6, 6.07) is 12.3. The van der Waals surface area contributed by atoms with E-state index < -0.39 is 5.97 Å². The van der Waals surface area contributed by atoms with E-state index in [2.05, 4.69) is 9.98 Å². The number of aromatic nitrogens is 1. The van der Waals surface area contributed by atoms with E-state index in [1.165, 1.54) is 12.0 Å². The van der Waals surface area contributed by atoms with Gasteiger partial charge in [-0.15, -0.1) is 0 Å². The molecule has 0 bridgehead atoms. The molecule has 3 aromatic rings. The maximum Gasteiger partial charge on any atom is 0.303 e. The summed E-state index contributed by atoms with van der Waals surface area (Å²) >= 11 is 6.67. The zero-order valence-corrected chi connectivity index (χ0v) is 21.4. The number of benzene rings is 2. The lowest BCUT2D eigenvalue weighted by Gasteiger charge is -2.22. The fourth-order valence-corrected chi connectivity index (χ4v) is 3.96. The van der Waals surface area contributed by atoms with Crippen LogP contribution in [-0.2, 0) is 4.79 Å². The summed E-state index contributed by atoms with van der Waals surface area (Å²) in [7, 11) is 4.85. The third kappa shape index (κ3) is 6.20. The minimum absolute atomic E-state index is 0.0506. The highest BCUT2D eigenvalue weighted by Gasteiger charge is 2.24. The lowest BCUT2D eigenvalue weighted by molar-refractivity contribution is -0.137. The van der Waals surface area contributed by atoms with E-state index in [0.29, 0.717) is 27.6 Å². The van der Waals surface area contributed by atoms with Crippen LogP contribution in [0, 0.1) is 6.92 Å². The maximum absolute atomic E-state index is 13.7. The van der Waals surface area contributed by atoms with E-state index in [-0.39, 0.29) is 36.7 Å². The van der Waals surface area contributed by atoms with E-state index in [9.17, 15) is 9.59 Å². The van der Waals surface area contributed by atoms with Crippen LogP contribution < -0.4 is 14.4 Å². The first kappa shape index (κ1) is 26.7. The van der Waals surface area contributed by atoms with Crippen molar-refractivity contribution < 1.29 is 24.2 Å². The number of nitrogens with zero attached hydrogens (tertiary/aromatic N) is 3. The van der Waals surface area contributed by atoms with Crippen LogP contribution in [0.2, 0.25) is 5.02 Å². The quantitative estimate of drug-likeness (QED) is 0.294. The molecule has 0 aliphatic rings. The number of pyridine rings is 1. The summed E-state index contributed by atoms with van der Waals surface area (Å²) in [5.74, 6) is -0.477. The van der Waals surface area contributed by atoms with Gasteiger partial charge in [-0.1, -0.05) is 23.7 Å². The molecule has 0 aliphatic carbocycles. The van der Waals surface area contributed by atoms with E-state index in [1.54, 1.807) is 50.8 Å². The Kier molecular flexibility index (Phi) is 9.02. The van der Waals surface area contributed by atoms with Gasteiger partial charge in [-0.2, -0.15) is 0 Å². The molecule has 0 aliphatic heterocycles. The van der Waals surface area contributed by atoms with Crippen LogP contribution in [0.4, 0.5) is 5.69 Å². The molecule has 0 saturated heterocycles. The molecule has 188 valence electrons. The van der Waals surface area contributed by atoms with Crippen molar-refractivity contribution in [1.29, 1.82) is 0 Å². The number of rotatable bonds is 10. The largest absolute Gasteiger partial charge is 0.495 e. The maximum atomic E-state index is 13.7. The fraction of sp³-hybridized carbons (Fsp3) is 0.259. The number of carbonyl (C=O) groups is 2. The summed E-state index contributed by atoms with van der Waals surface area (Å²) in [5.41, 5.74) is 3.76. The van der Waals surface area contributed by atoms with Gasteiger partial charge in [0.25, 0.3) is 5.91 Å². The second-order valence-electron chi connectivity index (χ2n) is 8.01. The number of hydrogen-bond acceptors (Lipinski definition) is 6. The first-order chi connectivity index (χ1) is 17.3. The van der Waals surface area contributed by atoms with Crippen molar-refractivity contribution in [2.45, 2.75) is 19.8 Å². The molecule has 2 aromatic carbocycles. The Morgan fingerprint density at radius 2 is 1.92 bits per heavy atom. The van der Waals surface area contributed by atoms with Crippen LogP contribution in [0.15, 0.2) is 53.7 Å². The highest BCUT2D eigenvalue weighted by Crippen LogP contribution is 2.37. The summed E-state index contributed by atoms with van der Waals surface area (Å²) in [6.07, 6.45) is 3.63. The topological polar surface area (TPSA) is 101 Å². The molecular formula is C27H28ClN3O5. The number of carboxylic acid groups (broad SMARTS) is 1. The van der Waals surface area contributed by atoms with Gasteiger partial charge in [-0.25, -0.2) is 0 Å². The molecule has 0 spiro atoms. The Bertz CT molecular complexity index is 1290. The van der Waals surface area contributed by atoms with Gasteiger partial charge in [0.05, 0.1) is 30.0 Å². The standard InChI is InChI=1S/C27H28ClN3O5/c1-17-12-18(15-29-2)21(16-30-17)19-13-20(25(14-22(19)28)36-11-7-10-26(32)33)27(34)31(3)23-8-5-6-9-24(23)35-4/h5-6,8-9,12-16H,7,10-11H2,1-4H3,(H,32,33). The van der Waals surface area contributed by atoms with Crippen LogP contribution in [0.3, 0.4) is 0 Å². The number of halogens is 1. The van der Waals surface area contributed by atoms with Crippen molar-refractivity contribution in [2.75, 3.05) is 32.7 Å². The van der Waals surface area contributed by atoms with Gasteiger partial charge in [-0.05, 0) is 37.6 Å². The Hall–Kier alpha value is -3.91. The van der Waals surface area contributed by atoms with Gasteiger partial charge < -0.3 is 19.5 Å². The average molecular weight is 510 g/mol. The normalized spacial score (nSPS) is 10.9. The lowest BCUT2D eigenvalue weighted by atomic mass is 9.98. The smallest absolute Gasteiger partial charge is 0.303 e. The number of methoxy groups -OCH3 is 1. The average Bonchev–Trinajstić information content (AvgIpc) is 2.86. The first-order valence-electron chi connectivity index (χ1n) is 11.2. The molecule has 0 radical (unpaired) electrons. The Morgan fingerprint density at radius 3 is 2.61 bits per heavy atom. The summed E-state index contributed by atoms with van der Waals surface area (Å²) in [5, 5.41) is 9.29. The van der Waals surface area contributed by atoms with E-state index in [1.807, 2.05) is 25.1 Å². The van der Waals surface area contributed by atoms with Crippen LogP contribution in [-0.4, -0.2) is 56.0 Å². The number of hydrogen-bond donors (Lipinski definition) is 1. The van der Waals surface area contributed by atoms with E-state index in [4.69, 9.17) is 26.2 Å². The molecule has 0 atom stereocenters. The Morgan fingerprint density at radius 1 is 1.17 bits per heavy atom. The minimum Gasteiger partial charge on any atom is -0.495 e. The second kappa shape index (κ2) is 12.2. The van der Waals surface area contributed by atoms with Crippen molar-refractivity contribution in [3.05, 3.63) is 70.5 Å². The number of amides is 1. The SMILES string of the molecule is CN=Cc1cc(C)ncc1-c1cc(C(=O)N(C)c2ccccc2OC)c(OCCCC(=O)O)cc1Cl. The van der Waals surface area contributed by atoms with Crippen molar-refractivity contribution in [2.24, 2.45) is 4.99 Å². The van der Waals surface area contributed by atoms with Gasteiger partial charge in [-0.3, -0.25) is 19.6 Å². The molecule has 0 fully saturated rings. The number of carbonyl (C=O) groups excluding carboxylic acids is 1. The van der Waals surface area contributed by atoms with Gasteiger partial charge in [0.1, 0.15) is 11.5 Å². The molecule has 36 heavy (non-hydrogen) atoms. The zero-order valence-electron chi connectivity index (χ0n) is 20.6. The molecule has 9 heteroatoms. The monoisotopic (exact) mass is 509 g/mol. The molecule has 1 aromatic heterocycles. The number of aryl methyl sites for hydroxylation is 1. The molecule has 1 N–H and O–H groups in total. The van der Waals surface area contributed by atoms with Crippen molar-refractivity contribution in [1.82, 2.24) is 4.98 Å². The molecular weight excluding hydrogens is 482 g/mol. The zero-order chi connectivity index (χ0) is 26.2. The summed E-state index contributed by atoms with van der Waals surface area (Å²) in [4.78, 5) is 34.6. The molecule has 3 rings (SSSR count). The number of aliphatic carboxylic acids is 1. The molecule has 0 unspecified atom stereocenters. The minimum atomic E-state index is -0.920. The highest BCUT2D eigenvalue weighted by atomic mass is 35.5. The summed E-state index contributed by atoms with van der Waals surface area (Å²) in [6.45, 7) is 1.99. The van der Waals surface area contributed by atoms with Crippen molar-refractivity contribution >= 4 is 35.4 Å². The second-order valence-corrected chi connectivity index (χ2v) is 8.42. The third-order valence-corrected chi connectivity index (χ3v) is 5.79. The van der Waals surface area contributed by atoms with E-state index >= 15 is 0 Å². The number of carboxylic acids is 1. The van der Waals surface area contributed by atoms with Crippen LogP contribution in [0.25, 0.3) is 11.1 Å². The number of aliphatic imine (C=N–C) groups is 1. The molecule has 0 saturated carbocycles. The number of anilines is 1. The molecule has 8 nitrogen and oxygen atoms in total.